The Hall–Kier alpha value is -6.34. The van der Waals surface area contributed by atoms with E-state index >= 15 is 0 Å². The van der Waals surface area contributed by atoms with Gasteiger partial charge in [0.1, 0.15) is 189 Å². The quantitative estimate of drug-likeness (QED) is 0.0201. The third-order valence-electron chi connectivity index (χ3n) is 22.0. The lowest BCUT2D eigenvalue weighted by Gasteiger charge is -2.49. The SMILES string of the molecule is CC(=O)CCCCC(=O)NCCO[C@H]1OC(CO)[C@H](O[C@H]2OC(CO)[C@@H](O[C@@H]3OC(CO)[C@@H](O[C@@H]4OC(C(=O)O)[C@@H](O)[C@H](O)C4O)[C@H](O)C3O)[C@H](O)C2O)[C@H](O)C1O.NCCO[C@H]1OC(CO)[C@H](O[C@H]2OC(CO)[C@@H](O[C@@H]3OC(CO)[C@@H](O[C@@H]4OC(C(=O)O)[C@@H](O)[C@H](O)C4O)[C@H](O)C3O)[C@H](O)C2O)[C@H](O)C1O.O=C(CCCCC(=O)ON1C(=O)CCC1=O)ON1C(=O)CCC1=O. The smallest absolute Gasteiger partial charge is 0.335 e. The summed E-state index contributed by atoms with van der Waals surface area (Å²) in [4.78, 5) is 123. The number of nitrogens with one attached hydrogen (secondary N) is 1. The van der Waals surface area contributed by atoms with Crippen LogP contribution in [-0.2, 0) is 133 Å². The molecule has 131 heavy (non-hydrogen) atoms. The van der Waals surface area contributed by atoms with Gasteiger partial charge in [0.2, 0.25) is 5.91 Å². The first-order valence-corrected chi connectivity index (χ1v) is 41.4. The van der Waals surface area contributed by atoms with Crippen LogP contribution < -0.4 is 11.1 Å². The number of rotatable bonds is 39. The van der Waals surface area contributed by atoms with Gasteiger partial charge in [0.25, 0.3) is 23.6 Å². The molecule has 10 saturated heterocycles. The molecule has 10 fully saturated rings. The third kappa shape index (κ3) is 27.8. The van der Waals surface area contributed by atoms with Gasteiger partial charge in [0.15, 0.2) is 62.5 Å². The molecule has 5 amide bonds. The van der Waals surface area contributed by atoms with E-state index in [1.807, 2.05) is 0 Å². The second-order valence-corrected chi connectivity index (χ2v) is 31.4. The van der Waals surface area contributed by atoms with Crippen LogP contribution in [0.15, 0.2) is 0 Å². The van der Waals surface area contributed by atoms with Crippen molar-refractivity contribution in [2.75, 3.05) is 65.9 Å². The predicted octanol–water partition coefficient (Wildman–Crippen LogP) is -18.3. The van der Waals surface area contributed by atoms with Crippen molar-refractivity contribution in [3.05, 3.63) is 0 Å². The number of aliphatic hydroxyl groups excluding tert-OH is 24. The second-order valence-electron chi connectivity index (χ2n) is 31.4. The highest BCUT2D eigenvalue weighted by Gasteiger charge is 2.60. The standard InChI is InChI=1S/C33H55NO24.C26H45NO22.C14H16N2O8/c1-11(38)4-2-3-5-15(39)34-6-7-51-30-22(46)18(42)25(12(8-35)52-30)55-31-23(47)19(43)26(13(9-36)53-31)56-32-24(48)20(44)27(14(10-37)54-32)57-33-21(45)16(40)17(41)28(58-33)29(49)50;27-1-2-42-23-15(37)11(33)18(6(3-28)43-23)46-24-16(38)12(34)19(7(4-29)44-24)47-25-17(39)13(35)20(8(5-30)45-25)48-26-14(36)9(31)10(32)21(49-26)22(40)41;17-9-5-6-10(18)15(9)23-13(21)3-1-2-4-14(22)24-16-11(19)7-8-12(16)20/h12-14,16-28,30-33,35-37,40-48H,2-10H2,1H3,(H,34,39)(H,49,50);6-21,23-26,28-39H,1-5,27H2,(H,40,41);1-8H2/t12?,13?,14?,16-,17-,18+,19+,20+,21?,22?,23?,24?,25-,26+,27+,28?,30-,31+,32-,33+;6?,7?,8?,9-,10-,11+,12+,13+,14?,15?,16?,17?,18-,19+,20+,21?,23-,24+,25-,26+;/m00./s1. The van der Waals surface area contributed by atoms with E-state index in [2.05, 4.69) is 15.0 Å². The number of aliphatic hydroxyl groups is 24. The number of carbonyl (C=O) groups is 10. The van der Waals surface area contributed by atoms with E-state index in [1.54, 1.807) is 0 Å². The molecule has 0 bridgehead atoms. The van der Waals surface area contributed by atoms with Gasteiger partial charge in [-0.1, -0.05) is 0 Å². The Morgan fingerprint density at radius 2 is 0.565 bits per heavy atom. The van der Waals surface area contributed by atoms with Crippen LogP contribution in [0.2, 0.25) is 0 Å². The van der Waals surface area contributed by atoms with Crippen LogP contribution in [0, 0.1) is 0 Å². The molecule has 29 N–H and O–H groups in total. The van der Waals surface area contributed by atoms with Crippen LogP contribution in [0.4, 0.5) is 0 Å². The number of nitrogens with two attached hydrogens (primary N) is 1. The van der Waals surface area contributed by atoms with Crippen LogP contribution in [0.25, 0.3) is 0 Å². The molecule has 0 aromatic rings. The minimum Gasteiger partial charge on any atom is -0.479 e. The molecule has 10 rings (SSSR count). The number of imide groups is 2. The molecule has 16 unspecified atom stereocenters. The van der Waals surface area contributed by atoms with Crippen molar-refractivity contribution in [2.24, 2.45) is 5.73 Å². The van der Waals surface area contributed by atoms with Crippen molar-refractivity contribution in [1.82, 2.24) is 15.4 Å². The predicted molar refractivity (Wildman–Crippen MR) is 400 cm³/mol. The van der Waals surface area contributed by atoms with Gasteiger partial charge in [-0.3, -0.25) is 24.0 Å². The Labute approximate surface area is 740 Å². The van der Waals surface area contributed by atoms with Crippen molar-refractivity contribution < 1.29 is 266 Å². The summed E-state index contributed by atoms with van der Waals surface area (Å²) in [5.74, 6) is -7.48. The average molecular weight is 1910 g/mol. The maximum absolute atomic E-state index is 12.0. The number of amides is 5. The van der Waals surface area contributed by atoms with Crippen molar-refractivity contribution in [1.29, 1.82) is 0 Å². The van der Waals surface area contributed by atoms with Gasteiger partial charge in [-0.15, -0.1) is 10.1 Å². The van der Waals surface area contributed by atoms with E-state index in [-0.39, 0.29) is 95.8 Å². The van der Waals surface area contributed by atoms with Gasteiger partial charge in [-0.25, -0.2) is 19.2 Å². The maximum atomic E-state index is 12.0. The molecule has 0 aliphatic carbocycles. The van der Waals surface area contributed by atoms with E-state index in [4.69, 9.17) is 81.5 Å². The number of unbranched alkanes of at least 4 members (excludes halogenated alkanes) is 2. The molecule has 752 valence electrons. The number of hydroxylamine groups is 4. The summed E-state index contributed by atoms with van der Waals surface area (Å²) >= 11 is 0. The first kappa shape index (κ1) is 110. The maximum Gasteiger partial charge on any atom is 0.335 e. The largest absolute Gasteiger partial charge is 0.479 e. The number of ketones is 1. The Morgan fingerprint density at radius 3 is 0.824 bits per heavy atom. The van der Waals surface area contributed by atoms with Crippen LogP contribution in [-0.4, -0.2) is 514 Å². The first-order valence-electron chi connectivity index (χ1n) is 41.4. The normalized spacial score (nSPS) is 41.0. The Bertz CT molecular complexity index is 3570. The molecule has 10 aliphatic rings. The first-order chi connectivity index (χ1) is 62.0. The van der Waals surface area contributed by atoms with Crippen molar-refractivity contribution in [2.45, 2.75) is 330 Å². The highest BCUT2D eigenvalue weighted by molar-refractivity contribution is 6.02. The second kappa shape index (κ2) is 51.2. The fourth-order valence-electron chi connectivity index (χ4n) is 14.8. The number of hydrogen-bond donors (Lipinski definition) is 28. The van der Waals surface area contributed by atoms with Crippen molar-refractivity contribution in [3.8, 4) is 0 Å². The lowest BCUT2D eigenvalue weighted by molar-refractivity contribution is -0.387. The average Bonchev–Trinajstić information content (AvgIpc) is 1.77. The van der Waals surface area contributed by atoms with Crippen LogP contribution in [0.3, 0.4) is 0 Å². The summed E-state index contributed by atoms with van der Waals surface area (Å²) in [7, 11) is 0. The number of Topliss-reactive ketones (excluding diaryl/α,β-unsaturated/α-hetero) is 1. The topological polar surface area (TPSA) is 907 Å². The van der Waals surface area contributed by atoms with E-state index < -0.39 is 333 Å². The van der Waals surface area contributed by atoms with E-state index in [9.17, 15) is 181 Å². The monoisotopic (exact) mass is 1910 g/mol. The molecule has 0 spiro atoms. The lowest BCUT2D eigenvalue weighted by Crippen LogP contribution is -2.67. The Balaban J connectivity index is 0.000000261. The van der Waals surface area contributed by atoms with Gasteiger partial charge in [0.05, 0.1) is 52.9 Å². The minimum atomic E-state index is -2.12. The molecule has 10 aliphatic heterocycles. The number of aliphatic carboxylic acids is 2. The molecule has 0 aromatic carbocycles. The number of nitrogens with zero attached hydrogens (tertiary/aromatic N) is 2. The van der Waals surface area contributed by atoms with Gasteiger partial charge in [-0.2, -0.15) is 0 Å². The molecule has 10 heterocycles. The number of carbonyl (C=O) groups excluding carboxylic acids is 8. The number of carboxylic acid groups (broad SMARTS) is 2. The molecule has 0 aromatic heterocycles. The van der Waals surface area contributed by atoms with E-state index in [0.717, 1.165) is 0 Å². The van der Waals surface area contributed by atoms with Gasteiger partial charge >= 0.3 is 23.9 Å². The molecule has 0 saturated carbocycles. The van der Waals surface area contributed by atoms with Crippen molar-refractivity contribution >= 4 is 59.2 Å². The summed E-state index contributed by atoms with van der Waals surface area (Å²) in [5, 5.41) is 273. The van der Waals surface area contributed by atoms with Crippen molar-refractivity contribution in [3.63, 3.8) is 0 Å². The Morgan fingerprint density at radius 1 is 0.328 bits per heavy atom. The molecule has 40 atom stereocenters. The summed E-state index contributed by atoms with van der Waals surface area (Å²) in [6.07, 6.45) is -72.2. The van der Waals surface area contributed by atoms with E-state index in [1.165, 1.54) is 6.92 Å². The van der Waals surface area contributed by atoms with Crippen LogP contribution in [0.5, 0.6) is 0 Å². The molecule has 58 heteroatoms. The summed E-state index contributed by atoms with van der Waals surface area (Å²) < 4.78 is 87.0. The van der Waals surface area contributed by atoms with Crippen LogP contribution >= 0.6 is 0 Å². The van der Waals surface area contributed by atoms with Crippen LogP contribution in [0.1, 0.15) is 84.0 Å². The Kier molecular flexibility index (Phi) is 43.0. The van der Waals surface area contributed by atoms with Gasteiger partial charge in [0, 0.05) is 64.5 Å². The van der Waals surface area contributed by atoms with E-state index in [0.29, 0.717) is 29.4 Å². The lowest BCUT2D eigenvalue weighted by atomic mass is 9.95. The zero-order valence-electron chi connectivity index (χ0n) is 69.7. The molecular weight excluding hydrogens is 1800 g/mol. The fourth-order valence-corrected chi connectivity index (χ4v) is 14.8. The molecular formula is C73H116N4O54. The summed E-state index contributed by atoms with van der Waals surface area (Å²) in [6.45, 7) is -4.14. The zero-order chi connectivity index (χ0) is 97.0. The summed E-state index contributed by atoms with van der Waals surface area (Å²) in [6, 6.07) is 0. The number of ether oxygens (including phenoxy) is 16. The number of hydrogen-bond acceptors (Lipinski definition) is 53. The summed E-state index contributed by atoms with van der Waals surface area (Å²) in [5.41, 5.74) is 5.37. The third-order valence-corrected chi connectivity index (χ3v) is 22.0. The number of carboxylic acids is 2. The van der Waals surface area contributed by atoms with Gasteiger partial charge in [-0.05, 0) is 32.6 Å². The molecule has 0 radical (unpaired) electrons. The highest BCUT2D eigenvalue weighted by Crippen LogP contribution is 2.39. The molecule has 58 nitrogen and oxygen atoms in total. The zero-order valence-corrected chi connectivity index (χ0v) is 69.7. The fraction of sp³-hybridized carbons (Fsp3) is 0.863. The van der Waals surface area contributed by atoms with Gasteiger partial charge < -0.3 is 234 Å². The minimum absolute atomic E-state index is 0.00800. The highest BCUT2D eigenvalue weighted by atomic mass is 16.8.